The summed E-state index contributed by atoms with van der Waals surface area (Å²) in [6.07, 6.45) is 2.05. The molecule has 0 bridgehead atoms. The Kier molecular flexibility index (Phi) is 8.00. The van der Waals surface area contributed by atoms with E-state index >= 15 is 0 Å². The van der Waals surface area contributed by atoms with Crippen molar-refractivity contribution in [2.75, 3.05) is 34.4 Å². The van der Waals surface area contributed by atoms with Gasteiger partial charge in [0.25, 0.3) is 0 Å². The number of rotatable bonds is 8. The van der Waals surface area contributed by atoms with E-state index in [0.717, 1.165) is 28.3 Å². The molecule has 0 amide bonds. The van der Waals surface area contributed by atoms with Gasteiger partial charge < -0.3 is 24.3 Å². The molecular weight excluding hydrogens is 396 g/mol. The minimum absolute atomic E-state index is 0.560. The van der Waals surface area contributed by atoms with Crippen LogP contribution >= 0.6 is 15.9 Å². The summed E-state index contributed by atoms with van der Waals surface area (Å²) >= 11 is 3.50. The number of hydrogen-bond donors (Lipinski definition) is 1. The Morgan fingerprint density at radius 3 is 2.81 bits per heavy atom. The van der Waals surface area contributed by atoms with Crippen LogP contribution in [0.15, 0.2) is 46.0 Å². The molecule has 26 heavy (non-hydrogen) atoms. The lowest BCUT2D eigenvalue weighted by atomic mass is 10.2. The summed E-state index contributed by atoms with van der Waals surface area (Å²) in [7, 11) is 7.51. The van der Waals surface area contributed by atoms with Crippen molar-refractivity contribution in [1.82, 2.24) is 14.8 Å². The molecule has 0 atom stereocenters. The highest BCUT2D eigenvalue weighted by molar-refractivity contribution is 9.10. The van der Waals surface area contributed by atoms with E-state index in [2.05, 4.69) is 41.8 Å². The van der Waals surface area contributed by atoms with Crippen molar-refractivity contribution in [3.05, 3.63) is 52.3 Å². The lowest BCUT2D eigenvalue weighted by molar-refractivity contribution is 0.125. The molecule has 6 nitrogen and oxygen atoms in total. The topological polar surface area (TPSA) is 51.0 Å². The monoisotopic (exact) mass is 422 g/mol. The van der Waals surface area contributed by atoms with E-state index in [1.165, 1.54) is 5.69 Å². The molecule has 142 valence electrons. The lowest BCUT2D eigenvalue weighted by Gasteiger charge is -2.22. The zero-order chi connectivity index (χ0) is 18.9. The number of aliphatic imine (C=N–C) groups is 1. The van der Waals surface area contributed by atoms with E-state index in [0.29, 0.717) is 19.8 Å². The molecule has 0 fully saturated rings. The van der Waals surface area contributed by atoms with E-state index in [1.54, 1.807) is 14.2 Å². The van der Waals surface area contributed by atoms with Gasteiger partial charge in [0.2, 0.25) is 0 Å². The van der Waals surface area contributed by atoms with Crippen LogP contribution < -0.4 is 10.1 Å². The first-order chi connectivity index (χ1) is 12.5. The highest BCUT2D eigenvalue weighted by Gasteiger charge is 2.09. The molecule has 1 N–H and O–H groups in total. The Bertz CT molecular complexity index is 730. The Balaban J connectivity index is 1.73. The summed E-state index contributed by atoms with van der Waals surface area (Å²) in [4.78, 5) is 6.42. The van der Waals surface area contributed by atoms with Crippen LogP contribution in [0.3, 0.4) is 0 Å². The molecule has 0 unspecified atom stereocenters. The summed E-state index contributed by atoms with van der Waals surface area (Å²) in [6.45, 7) is 2.62. The quantitative estimate of drug-likeness (QED) is 0.403. The van der Waals surface area contributed by atoms with Crippen molar-refractivity contribution in [3.8, 4) is 5.75 Å². The largest absolute Gasteiger partial charge is 0.497 e. The third-order valence-corrected chi connectivity index (χ3v) is 4.41. The number of nitrogens with one attached hydrogen (secondary N) is 1. The fraction of sp³-hybridized carbons (Fsp3) is 0.421. The Morgan fingerprint density at radius 2 is 2.15 bits per heavy atom. The number of aryl methyl sites for hydroxylation is 1. The van der Waals surface area contributed by atoms with Crippen LogP contribution in [0.25, 0.3) is 0 Å². The average molecular weight is 423 g/mol. The summed E-state index contributed by atoms with van der Waals surface area (Å²) in [5, 5.41) is 3.33. The zero-order valence-electron chi connectivity index (χ0n) is 15.8. The smallest absolute Gasteiger partial charge is 0.193 e. The summed E-state index contributed by atoms with van der Waals surface area (Å²) < 4.78 is 14.1. The minimum Gasteiger partial charge on any atom is -0.497 e. The highest BCUT2D eigenvalue weighted by Crippen LogP contribution is 2.15. The molecule has 0 saturated heterocycles. The maximum absolute atomic E-state index is 5.73. The van der Waals surface area contributed by atoms with Crippen LogP contribution in [0.4, 0.5) is 0 Å². The van der Waals surface area contributed by atoms with Crippen molar-refractivity contribution < 1.29 is 9.47 Å². The molecule has 1 heterocycles. The van der Waals surface area contributed by atoms with Crippen LogP contribution in [0.5, 0.6) is 5.75 Å². The van der Waals surface area contributed by atoms with Crippen LogP contribution in [-0.2, 0) is 24.9 Å². The van der Waals surface area contributed by atoms with E-state index in [9.17, 15) is 0 Å². The number of aromatic nitrogens is 1. The number of benzene rings is 1. The maximum Gasteiger partial charge on any atom is 0.193 e. The van der Waals surface area contributed by atoms with Crippen LogP contribution in [0.2, 0.25) is 0 Å². The van der Waals surface area contributed by atoms with Gasteiger partial charge in [-0.05, 0) is 39.7 Å². The predicted octanol–water partition coefficient (Wildman–Crippen LogP) is 3.02. The first-order valence-corrected chi connectivity index (χ1v) is 9.26. The number of methoxy groups -OCH3 is 1. The fourth-order valence-corrected chi connectivity index (χ4v) is 3.18. The number of nitrogens with zero attached hydrogens (tertiary/aromatic N) is 3. The standard InChI is InChI=1S/C19H27BrN4O2/c1-21-19(24(3)13-17-11-16(20)12-23(17)2)22-8-9-26-14-15-6-5-7-18(10-15)25-4/h5-7,10-12H,8-9,13-14H2,1-4H3,(H,21,22). The Labute approximate surface area is 163 Å². The van der Waals surface area contributed by atoms with Crippen molar-refractivity contribution in [1.29, 1.82) is 0 Å². The SMILES string of the molecule is CN=C(NCCOCc1cccc(OC)c1)N(C)Cc1cc(Br)cn1C. The number of guanidine groups is 1. The predicted molar refractivity (Wildman–Crippen MR) is 109 cm³/mol. The molecule has 1 aromatic carbocycles. The van der Waals surface area contributed by atoms with Gasteiger partial charge >= 0.3 is 0 Å². The molecule has 2 rings (SSSR count). The first kappa shape index (κ1) is 20.3. The van der Waals surface area contributed by atoms with Crippen molar-refractivity contribution in [2.24, 2.45) is 12.0 Å². The molecule has 2 aromatic rings. The van der Waals surface area contributed by atoms with Gasteiger partial charge in [0.1, 0.15) is 5.75 Å². The van der Waals surface area contributed by atoms with Gasteiger partial charge in [-0.15, -0.1) is 0 Å². The molecule has 0 spiro atoms. The van der Waals surface area contributed by atoms with E-state index in [-0.39, 0.29) is 0 Å². The van der Waals surface area contributed by atoms with Crippen LogP contribution in [-0.4, -0.2) is 49.8 Å². The molecular formula is C19H27BrN4O2. The summed E-state index contributed by atoms with van der Waals surface area (Å²) in [5.41, 5.74) is 2.30. The number of ether oxygens (including phenoxy) is 2. The molecule has 0 aliphatic carbocycles. The van der Waals surface area contributed by atoms with Crippen molar-refractivity contribution in [3.63, 3.8) is 0 Å². The van der Waals surface area contributed by atoms with Crippen molar-refractivity contribution in [2.45, 2.75) is 13.2 Å². The van der Waals surface area contributed by atoms with Gasteiger partial charge in [-0.2, -0.15) is 0 Å². The lowest BCUT2D eigenvalue weighted by Crippen LogP contribution is -2.40. The molecule has 0 aliphatic rings. The first-order valence-electron chi connectivity index (χ1n) is 8.46. The Hall–Kier alpha value is -1.99. The minimum atomic E-state index is 0.560. The molecule has 0 aliphatic heterocycles. The Morgan fingerprint density at radius 1 is 1.35 bits per heavy atom. The number of hydrogen-bond acceptors (Lipinski definition) is 3. The van der Waals surface area contributed by atoms with Gasteiger partial charge in [0.05, 0.1) is 26.9 Å². The van der Waals surface area contributed by atoms with Gasteiger partial charge in [-0.3, -0.25) is 4.99 Å². The average Bonchev–Trinajstić information content (AvgIpc) is 2.95. The molecule has 7 heteroatoms. The maximum atomic E-state index is 5.73. The van der Waals surface area contributed by atoms with Gasteiger partial charge in [0.15, 0.2) is 5.96 Å². The van der Waals surface area contributed by atoms with Crippen LogP contribution in [0, 0.1) is 0 Å². The van der Waals surface area contributed by atoms with E-state index in [1.807, 2.05) is 44.6 Å². The van der Waals surface area contributed by atoms with Gasteiger partial charge in [-0.25, -0.2) is 0 Å². The van der Waals surface area contributed by atoms with E-state index < -0.39 is 0 Å². The van der Waals surface area contributed by atoms with Crippen molar-refractivity contribution >= 4 is 21.9 Å². The zero-order valence-corrected chi connectivity index (χ0v) is 17.4. The van der Waals surface area contributed by atoms with Gasteiger partial charge in [-0.1, -0.05) is 12.1 Å². The van der Waals surface area contributed by atoms with E-state index in [4.69, 9.17) is 9.47 Å². The second-order valence-electron chi connectivity index (χ2n) is 5.99. The second-order valence-corrected chi connectivity index (χ2v) is 6.91. The summed E-state index contributed by atoms with van der Waals surface area (Å²) in [6, 6.07) is 10.0. The molecule has 1 aromatic heterocycles. The van der Waals surface area contributed by atoms with Crippen LogP contribution in [0.1, 0.15) is 11.3 Å². The fourth-order valence-electron chi connectivity index (χ4n) is 2.61. The normalized spacial score (nSPS) is 11.5. The van der Waals surface area contributed by atoms with Gasteiger partial charge in [0, 0.05) is 44.1 Å². The summed E-state index contributed by atoms with van der Waals surface area (Å²) in [5.74, 6) is 1.69. The third-order valence-electron chi connectivity index (χ3n) is 3.98. The molecule has 0 saturated carbocycles. The molecule has 0 radical (unpaired) electrons. The second kappa shape index (κ2) is 10.2. The third kappa shape index (κ3) is 6.07. The number of halogens is 1. The highest BCUT2D eigenvalue weighted by atomic mass is 79.9.